The van der Waals surface area contributed by atoms with Gasteiger partial charge in [-0.15, -0.1) is 11.3 Å². The maximum absolute atomic E-state index is 12.7. The summed E-state index contributed by atoms with van der Waals surface area (Å²) in [6, 6.07) is 12.4. The van der Waals surface area contributed by atoms with Gasteiger partial charge in [0.25, 0.3) is 10.0 Å². The van der Waals surface area contributed by atoms with Crippen LogP contribution in [0.5, 0.6) is 11.5 Å². The lowest BCUT2D eigenvalue weighted by molar-refractivity contribution is 0.402. The van der Waals surface area contributed by atoms with Gasteiger partial charge in [-0.05, 0) is 36.8 Å². The number of benzene rings is 2. The Morgan fingerprint density at radius 3 is 2.62 bits per heavy atom. The highest BCUT2D eigenvalue weighted by atomic mass is 32.2. The lowest BCUT2D eigenvalue weighted by Crippen LogP contribution is -2.14. The van der Waals surface area contributed by atoms with E-state index in [2.05, 4.69) is 9.71 Å². The number of nitrogens with one attached hydrogen (secondary N) is 1. The first-order chi connectivity index (χ1) is 12.4. The Bertz CT molecular complexity index is 1030. The molecule has 0 aliphatic carbocycles. The van der Waals surface area contributed by atoms with Gasteiger partial charge in [0.15, 0.2) is 5.13 Å². The first-order valence-corrected chi connectivity index (χ1v) is 10.1. The van der Waals surface area contributed by atoms with Gasteiger partial charge in [0.05, 0.1) is 19.9 Å². The molecule has 1 heterocycles. The molecule has 0 saturated carbocycles. The van der Waals surface area contributed by atoms with Crippen molar-refractivity contribution < 1.29 is 17.9 Å². The molecule has 0 fully saturated rings. The minimum atomic E-state index is -3.81. The SMILES string of the molecule is COc1cccc(-c2csc(NS(=O)(=O)c3cc(C)ccc3OC)n2)c1. The summed E-state index contributed by atoms with van der Waals surface area (Å²) >= 11 is 1.21. The molecule has 0 atom stereocenters. The smallest absolute Gasteiger partial charge is 0.267 e. The van der Waals surface area contributed by atoms with Gasteiger partial charge < -0.3 is 9.47 Å². The zero-order valence-electron chi connectivity index (χ0n) is 14.5. The first kappa shape index (κ1) is 18.2. The van der Waals surface area contributed by atoms with Gasteiger partial charge in [-0.1, -0.05) is 18.2 Å². The molecular formula is C18H18N2O4S2. The fraction of sp³-hybridized carbons (Fsp3) is 0.167. The van der Waals surface area contributed by atoms with Crippen LogP contribution in [0.25, 0.3) is 11.3 Å². The first-order valence-electron chi connectivity index (χ1n) is 7.70. The summed E-state index contributed by atoms with van der Waals surface area (Å²) in [5.41, 5.74) is 2.34. The van der Waals surface area contributed by atoms with Gasteiger partial charge in [-0.25, -0.2) is 13.4 Å². The Morgan fingerprint density at radius 1 is 1.08 bits per heavy atom. The van der Waals surface area contributed by atoms with Crippen LogP contribution >= 0.6 is 11.3 Å². The van der Waals surface area contributed by atoms with Crippen molar-refractivity contribution in [3.63, 3.8) is 0 Å². The summed E-state index contributed by atoms with van der Waals surface area (Å²) in [6.45, 7) is 1.82. The Balaban J connectivity index is 1.90. The molecule has 0 bridgehead atoms. The number of methoxy groups -OCH3 is 2. The Hall–Kier alpha value is -2.58. The molecule has 0 aliphatic heterocycles. The van der Waals surface area contributed by atoms with E-state index < -0.39 is 10.0 Å². The standard InChI is InChI=1S/C18H18N2O4S2/c1-12-7-8-16(24-3)17(9-12)26(21,22)20-18-19-15(11-25-18)13-5-4-6-14(10-13)23-2/h4-11H,1-3H3,(H,19,20). The summed E-state index contributed by atoms with van der Waals surface area (Å²) in [4.78, 5) is 4.46. The van der Waals surface area contributed by atoms with E-state index in [1.807, 2.05) is 31.2 Å². The van der Waals surface area contributed by atoms with Crippen molar-refractivity contribution in [3.8, 4) is 22.8 Å². The molecule has 3 aromatic rings. The quantitative estimate of drug-likeness (QED) is 0.690. The molecule has 0 saturated heterocycles. The third kappa shape index (κ3) is 3.81. The summed E-state index contributed by atoms with van der Waals surface area (Å²) in [5.74, 6) is 0.995. The van der Waals surface area contributed by atoms with Crippen LogP contribution in [0.1, 0.15) is 5.56 Å². The monoisotopic (exact) mass is 390 g/mol. The number of nitrogens with zero attached hydrogens (tertiary/aromatic N) is 1. The molecule has 136 valence electrons. The van der Waals surface area contributed by atoms with Crippen LogP contribution in [0.3, 0.4) is 0 Å². The van der Waals surface area contributed by atoms with Crippen LogP contribution in [0.2, 0.25) is 0 Å². The highest BCUT2D eigenvalue weighted by Crippen LogP contribution is 2.31. The highest BCUT2D eigenvalue weighted by Gasteiger charge is 2.21. The third-order valence-corrected chi connectivity index (χ3v) is 5.95. The molecule has 26 heavy (non-hydrogen) atoms. The predicted molar refractivity (Wildman–Crippen MR) is 103 cm³/mol. The average Bonchev–Trinajstić information content (AvgIpc) is 3.09. The normalized spacial score (nSPS) is 11.2. The molecule has 1 aromatic heterocycles. The van der Waals surface area contributed by atoms with Crippen molar-refractivity contribution in [2.45, 2.75) is 11.8 Å². The maximum atomic E-state index is 12.7. The van der Waals surface area contributed by atoms with Crippen molar-refractivity contribution in [3.05, 3.63) is 53.4 Å². The molecule has 6 nitrogen and oxygen atoms in total. The van der Waals surface area contributed by atoms with Gasteiger partial charge >= 0.3 is 0 Å². The molecule has 8 heteroatoms. The van der Waals surface area contributed by atoms with Crippen LogP contribution in [0.4, 0.5) is 5.13 Å². The predicted octanol–water partition coefficient (Wildman–Crippen LogP) is 3.94. The van der Waals surface area contributed by atoms with E-state index in [1.54, 1.807) is 30.7 Å². The Kier molecular flexibility index (Phi) is 5.15. The number of rotatable bonds is 6. The van der Waals surface area contributed by atoms with E-state index in [1.165, 1.54) is 18.4 Å². The average molecular weight is 390 g/mol. The summed E-state index contributed by atoms with van der Waals surface area (Å²) in [6.07, 6.45) is 0. The number of hydrogen-bond acceptors (Lipinski definition) is 6. The summed E-state index contributed by atoms with van der Waals surface area (Å²) in [5, 5.41) is 2.08. The minimum absolute atomic E-state index is 0.0816. The van der Waals surface area contributed by atoms with Gasteiger partial charge in [-0.3, -0.25) is 4.72 Å². The van der Waals surface area contributed by atoms with Gasteiger partial charge in [0.1, 0.15) is 16.4 Å². The number of ether oxygens (including phenoxy) is 2. The van der Waals surface area contributed by atoms with E-state index in [0.717, 1.165) is 11.1 Å². The second-order valence-electron chi connectivity index (χ2n) is 5.53. The Morgan fingerprint density at radius 2 is 1.88 bits per heavy atom. The minimum Gasteiger partial charge on any atom is -0.497 e. The molecule has 0 spiro atoms. The van der Waals surface area contributed by atoms with E-state index in [-0.39, 0.29) is 15.8 Å². The number of sulfonamides is 1. The van der Waals surface area contributed by atoms with Crippen LogP contribution < -0.4 is 14.2 Å². The van der Waals surface area contributed by atoms with E-state index >= 15 is 0 Å². The number of aryl methyl sites for hydroxylation is 1. The molecule has 3 rings (SSSR count). The van der Waals surface area contributed by atoms with Crippen molar-refractivity contribution >= 4 is 26.5 Å². The fourth-order valence-corrected chi connectivity index (χ4v) is 4.63. The molecule has 0 aliphatic rings. The van der Waals surface area contributed by atoms with Gasteiger partial charge in [-0.2, -0.15) is 0 Å². The van der Waals surface area contributed by atoms with Crippen molar-refractivity contribution in [2.75, 3.05) is 18.9 Å². The van der Waals surface area contributed by atoms with E-state index in [4.69, 9.17) is 9.47 Å². The van der Waals surface area contributed by atoms with Crippen LogP contribution in [0.15, 0.2) is 52.7 Å². The van der Waals surface area contributed by atoms with Crippen molar-refractivity contribution in [1.29, 1.82) is 0 Å². The van der Waals surface area contributed by atoms with E-state index in [9.17, 15) is 8.42 Å². The lowest BCUT2D eigenvalue weighted by Gasteiger charge is -2.10. The molecule has 0 amide bonds. The molecule has 1 N–H and O–H groups in total. The van der Waals surface area contributed by atoms with Crippen molar-refractivity contribution in [1.82, 2.24) is 4.98 Å². The number of aromatic nitrogens is 1. The summed E-state index contributed by atoms with van der Waals surface area (Å²) in [7, 11) is -0.781. The largest absolute Gasteiger partial charge is 0.497 e. The third-order valence-electron chi connectivity index (χ3n) is 3.70. The zero-order valence-corrected chi connectivity index (χ0v) is 16.1. The number of hydrogen-bond donors (Lipinski definition) is 1. The lowest BCUT2D eigenvalue weighted by atomic mass is 10.2. The van der Waals surface area contributed by atoms with E-state index in [0.29, 0.717) is 11.4 Å². The molecule has 0 radical (unpaired) electrons. The maximum Gasteiger partial charge on any atom is 0.267 e. The second kappa shape index (κ2) is 7.35. The van der Waals surface area contributed by atoms with Crippen LogP contribution in [-0.4, -0.2) is 27.6 Å². The number of thiazole rings is 1. The van der Waals surface area contributed by atoms with Gasteiger partial charge in [0.2, 0.25) is 0 Å². The highest BCUT2D eigenvalue weighted by molar-refractivity contribution is 7.93. The van der Waals surface area contributed by atoms with Crippen LogP contribution in [0, 0.1) is 6.92 Å². The fourth-order valence-electron chi connectivity index (χ4n) is 2.40. The molecule has 2 aromatic carbocycles. The van der Waals surface area contributed by atoms with Crippen molar-refractivity contribution in [2.24, 2.45) is 0 Å². The zero-order chi connectivity index (χ0) is 18.7. The van der Waals surface area contributed by atoms with Crippen LogP contribution in [-0.2, 0) is 10.0 Å². The molecule has 0 unspecified atom stereocenters. The number of anilines is 1. The van der Waals surface area contributed by atoms with Gasteiger partial charge in [0, 0.05) is 10.9 Å². The Labute approximate surface area is 156 Å². The summed E-state index contributed by atoms with van der Waals surface area (Å²) < 4.78 is 38.4. The topological polar surface area (TPSA) is 77.5 Å². The second-order valence-corrected chi connectivity index (χ2v) is 8.04. The molecular weight excluding hydrogens is 372 g/mol.